The second-order valence-electron chi connectivity index (χ2n) is 4.43. The van der Waals surface area contributed by atoms with Crippen LogP contribution >= 0.6 is 0 Å². The predicted molar refractivity (Wildman–Crippen MR) is 59.7 cm³/mol. The van der Waals surface area contributed by atoms with Gasteiger partial charge in [0.25, 0.3) is 0 Å². The van der Waals surface area contributed by atoms with Crippen molar-refractivity contribution >= 4 is 0 Å². The lowest BCUT2D eigenvalue weighted by Crippen LogP contribution is -2.47. The summed E-state index contributed by atoms with van der Waals surface area (Å²) in [6.07, 6.45) is -3.62. The molecule has 1 saturated heterocycles. The molecule has 7 heteroatoms. The molecule has 3 N–H and O–H groups in total. The Labute approximate surface area is 103 Å². The first-order valence-electron chi connectivity index (χ1n) is 5.83. The lowest BCUT2D eigenvalue weighted by Gasteiger charge is -2.30. The average Bonchev–Trinajstić information content (AvgIpc) is 2.38. The summed E-state index contributed by atoms with van der Waals surface area (Å²) in [4.78, 5) is 0. The maximum absolute atomic E-state index is 12.5. The van der Waals surface area contributed by atoms with Crippen LogP contribution in [-0.4, -0.2) is 29.0 Å². The number of rotatable bonds is 2. The number of hydrogen-bond donors (Lipinski definition) is 2. The van der Waals surface area contributed by atoms with Gasteiger partial charge in [-0.05, 0) is 25.0 Å². The molecule has 1 aliphatic rings. The Morgan fingerprint density at radius 1 is 1.28 bits per heavy atom. The molecule has 2 rings (SSSR count). The van der Waals surface area contributed by atoms with E-state index in [2.05, 4.69) is 15.5 Å². The molecule has 2 atom stereocenters. The molecule has 0 amide bonds. The lowest BCUT2D eigenvalue weighted by atomic mass is 9.91. The number of nitrogens with zero attached hydrogens (tertiary/aromatic N) is 2. The number of aromatic nitrogens is 2. The molecular formula is C11H15F3N4. The van der Waals surface area contributed by atoms with E-state index in [0.29, 0.717) is 18.7 Å². The van der Waals surface area contributed by atoms with E-state index < -0.39 is 12.2 Å². The molecule has 2 unspecified atom stereocenters. The lowest BCUT2D eigenvalue weighted by molar-refractivity contribution is -0.160. The summed E-state index contributed by atoms with van der Waals surface area (Å²) in [5.74, 6) is -0.0112. The van der Waals surface area contributed by atoms with E-state index >= 15 is 0 Å². The molecule has 18 heavy (non-hydrogen) atoms. The highest BCUT2D eigenvalue weighted by Gasteiger charge is 2.41. The molecule has 0 aliphatic carbocycles. The van der Waals surface area contributed by atoms with Gasteiger partial charge in [0, 0.05) is 19.0 Å². The summed E-state index contributed by atoms with van der Waals surface area (Å²) >= 11 is 0. The van der Waals surface area contributed by atoms with Crippen LogP contribution in [0.4, 0.5) is 13.2 Å². The van der Waals surface area contributed by atoms with Gasteiger partial charge in [0.2, 0.25) is 0 Å². The maximum Gasteiger partial charge on any atom is 0.403 e. The fourth-order valence-electron chi connectivity index (χ4n) is 2.09. The molecule has 0 saturated carbocycles. The fourth-order valence-corrected chi connectivity index (χ4v) is 2.09. The van der Waals surface area contributed by atoms with Crippen molar-refractivity contribution in [2.24, 2.45) is 5.73 Å². The van der Waals surface area contributed by atoms with Crippen LogP contribution in [0.5, 0.6) is 0 Å². The van der Waals surface area contributed by atoms with Crippen LogP contribution in [0.3, 0.4) is 0 Å². The fraction of sp³-hybridized carbons (Fsp3) is 0.636. The minimum absolute atomic E-state index is 0.0112. The van der Waals surface area contributed by atoms with E-state index in [-0.39, 0.29) is 18.9 Å². The van der Waals surface area contributed by atoms with Crippen molar-refractivity contribution in [3.05, 3.63) is 23.5 Å². The zero-order valence-electron chi connectivity index (χ0n) is 9.74. The van der Waals surface area contributed by atoms with E-state index in [9.17, 15) is 13.2 Å². The predicted octanol–water partition coefficient (Wildman–Crippen LogP) is 1.33. The summed E-state index contributed by atoms with van der Waals surface area (Å²) in [5, 5.41) is 10.4. The minimum atomic E-state index is -4.17. The normalized spacial score (nSPS) is 25.1. The zero-order valence-corrected chi connectivity index (χ0v) is 9.74. The molecule has 0 aromatic carbocycles. The highest BCUT2D eigenvalue weighted by Crippen LogP contribution is 2.31. The van der Waals surface area contributed by atoms with E-state index in [1.165, 1.54) is 0 Å². The Balaban J connectivity index is 1.96. The van der Waals surface area contributed by atoms with E-state index in [1.807, 2.05) is 0 Å². The quantitative estimate of drug-likeness (QED) is 0.842. The van der Waals surface area contributed by atoms with Crippen molar-refractivity contribution in [1.82, 2.24) is 15.5 Å². The van der Waals surface area contributed by atoms with Gasteiger partial charge < -0.3 is 11.1 Å². The van der Waals surface area contributed by atoms with Gasteiger partial charge in [-0.1, -0.05) is 0 Å². The Kier molecular flexibility index (Phi) is 3.82. The molecule has 2 heterocycles. The molecule has 4 nitrogen and oxygen atoms in total. The van der Waals surface area contributed by atoms with Crippen LogP contribution < -0.4 is 11.1 Å². The first-order valence-corrected chi connectivity index (χ1v) is 5.83. The minimum Gasteiger partial charge on any atom is -0.325 e. The summed E-state index contributed by atoms with van der Waals surface area (Å²) in [5.41, 5.74) is 6.80. The van der Waals surface area contributed by atoms with Gasteiger partial charge in [-0.3, -0.25) is 0 Å². The standard InChI is InChI=1S/C11H15F3N4/c12-11(13,14)10-4-1-7(6-16-10)9-3-2-8(5-15)17-18-9/h2-3,7,10,16H,1,4-6,15H2. The highest BCUT2D eigenvalue weighted by atomic mass is 19.4. The first-order chi connectivity index (χ1) is 8.50. The third kappa shape index (κ3) is 2.97. The van der Waals surface area contributed by atoms with Gasteiger partial charge in [-0.25, -0.2) is 0 Å². The molecule has 1 aliphatic heterocycles. The largest absolute Gasteiger partial charge is 0.403 e. The van der Waals surface area contributed by atoms with Gasteiger partial charge in [-0.15, -0.1) is 0 Å². The molecular weight excluding hydrogens is 245 g/mol. The van der Waals surface area contributed by atoms with Gasteiger partial charge in [0.05, 0.1) is 11.4 Å². The number of nitrogens with two attached hydrogens (primary N) is 1. The SMILES string of the molecule is NCc1ccc(C2CCC(C(F)(F)F)NC2)nn1. The van der Waals surface area contributed by atoms with Crippen molar-refractivity contribution in [3.63, 3.8) is 0 Å². The Bertz CT molecular complexity index is 382. The summed E-state index contributed by atoms with van der Waals surface area (Å²) in [7, 11) is 0. The van der Waals surface area contributed by atoms with E-state index in [4.69, 9.17) is 5.73 Å². The van der Waals surface area contributed by atoms with Crippen molar-refractivity contribution in [1.29, 1.82) is 0 Å². The second-order valence-corrected chi connectivity index (χ2v) is 4.43. The number of nitrogens with one attached hydrogen (secondary N) is 1. The molecule has 0 radical (unpaired) electrons. The van der Waals surface area contributed by atoms with Crippen LogP contribution in [-0.2, 0) is 6.54 Å². The zero-order chi connectivity index (χ0) is 13.2. The third-order valence-electron chi connectivity index (χ3n) is 3.18. The molecule has 1 fully saturated rings. The topological polar surface area (TPSA) is 63.8 Å². The Hall–Kier alpha value is -1.21. The van der Waals surface area contributed by atoms with Crippen LogP contribution in [0.15, 0.2) is 12.1 Å². The third-order valence-corrected chi connectivity index (χ3v) is 3.18. The van der Waals surface area contributed by atoms with Gasteiger partial charge >= 0.3 is 6.18 Å². The van der Waals surface area contributed by atoms with E-state index in [0.717, 1.165) is 5.69 Å². The summed E-state index contributed by atoms with van der Waals surface area (Å²) < 4.78 is 37.4. The van der Waals surface area contributed by atoms with Crippen molar-refractivity contribution in [3.8, 4) is 0 Å². The Morgan fingerprint density at radius 2 is 2.06 bits per heavy atom. The highest BCUT2D eigenvalue weighted by molar-refractivity contribution is 5.12. The first kappa shape index (κ1) is 13.2. The molecule has 1 aromatic heterocycles. The van der Waals surface area contributed by atoms with Gasteiger partial charge in [-0.2, -0.15) is 23.4 Å². The summed E-state index contributed by atoms with van der Waals surface area (Å²) in [6.45, 7) is 0.590. The number of hydrogen-bond acceptors (Lipinski definition) is 4. The van der Waals surface area contributed by atoms with Gasteiger partial charge in [0.1, 0.15) is 6.04 Å². The molecule has 100 valence electrons. The molecule has 0 spiro atoms. The van der Waals surface area contributed by atoms with Gasteiger partial charge in [0.15, 0.2) is 0 Å². The number of alkyl halides is 3. The summed E-state index contributed by atoms with van der Waals surface area (Å²) in [6, 6.07) is 2.15. The average molecular weight is 260 g/mol. The molecule has 0 bridgehead atoms. The monoisotopic (exact) mass is 260 g/mol. The Morgan fingerprint density at radius 3 is 2.50 bits per heavy atom. The van der Waals surface area contributed by atoms with Crippen LogP contribution in [0.1, 0.15) is 30.1 Å². The molecule has 1 aromatic rings. The van der Waals surface area contributed by atoms with Crippen molar-refractivity contribution in [2.45, 2.75) is 37.5 Å². The van der Waals surface area contributed by atoms with Crippen LogP contribution in [0, 0.1) is 0 Å². The van der Waals surface area contributed by atoms with Crippen molar-refractivity contribution in [2.75, 3.05) is 6.54 Å². The number of halogens is 3. The maximum atomic E-state index is 12.5. The second kappa shape index (κ2) is 5.19. The van der Waals surface area contributed by atoms with Crippen LogP contribution in [0.25, 0.3) is 0 Å². The van der Waals surface area contributed by atoms with Crippen molar-refractivity contribution < 1.29 is 13.2 Å². The smallest absolute Gasteiger partial charge is 0.325 e. The van der Waals surface area contributed by atoms with Crippen LogP contribution in [0.2, 0.25) is 0 Å². The van der Waals surface area contributed by atoms with E-state index in [1.54, 1.807) is 12.1 Å². The number of piperidine rings is 1.